The van der Waals surface area contributed by atoms with Crippen LogP contribution in [0.25, 0.3) is 0 Å². The van der Waals surface area contributed by atoms with Gasteiger partial charge in [0.2, 0.25) is 0 Å². The molecule has 444 valence electrons. The van der Waals surface area contributed by atoms with Crippen LogP contribution in [-0.4, -0.2) is 37.2 Å². The number of allylic oxidation sites excluding steroid dienone is 14. The highest BCUT2D eigenvalue weighted by molar-refractivity contribution is 5.71. The Morgan fingerprint density at radius 1 is 0.273 bits per heavy atom. The topological polar surface area (TPSA) is 78.9 Å². The minimum Gasteiger partial charge on any atom is -0.462 e. The maximum Gasteiger partial charge on any atom is 0.306 e. The molecule has 0 N–H and O–H groups in total. The van der Waals surface area contributed by atoms with Crippen molar-refractivity contribution in [3.63, 3.8) is 0 Å². The number of carbonyl (C=O) groups is 3. The van der Waals surface area contributed by atoms with Crippen LogP contribution < -0.4 is 0 Å². The summed E-state index contributed by atoms with van der Waals surface area (Å²) in [4.78, 5) is 38.1. The third kappa shape index (κ3) is 63.3. The van der Waals surface area contributed by atoms with E-state index in [0.717, 1.165) is 89.9 Å². The molecule has 1 unspecified atom stereocenters. The molecule has 77 heavy (non-hydrogen) atoms. The van der Waals surface area contributed by atoms with Gasteiger partial charge in [-0.2, -0.15) is 0 Å². The lowest BCUT2D eigenvalue weighted by Crippen LogP contribution is -2.30. The van der Waals surface area contributed by atoms with Gasteiger partial charge in [-0.3, -0.25) is 14.4 Å². The van der Waals surface area contributed by atoms with E-state index in [1.807, 2.05) is 0 Å². The van der Waals surface area contributed by atoms with Crippen molar-refractivity contribution in [1.29, 1.82) is 0 Å². The van der Waals surface area contributed by atoms with Gasteiger partial charge in [-0.1, -0.05) is 298 Å². The van der Waals surface area contributed by atoms with E-state index >= 15 is 0 Å². The quantitative estimate of drug-likeness (QED) is 0.0261. The first-order valence-corrected chi connectivity index (χ1v) is 33.1. The van der Waals surface area contributed by atoms with E-state index in [9.17, 15) is 14.4 Å². The summed E-state index contributed by atoms with van der Waals surface area (Å²) >= 11 is 0. The highest BCUT2D eigenvalue weighted by Crippen LogP contribution is 2.17. The van der Waals surface area contributed by atoms with Gasteiger partial charge in [0.15, 0.2) is 6.10 Å². The maximum atomic E-state index is 12.8. The smallest absolute Gasteiger partial charge is 0.306 e. The molecule has 0 aliphatic heterocycles. The lowest BCUT2D eigenvalue weighted by atomic mass is 10.0. The van der Waals surface area contributed by atoms with Crippen LogP contribution in [-0.2, 0) is 28.6 Å². The molecule has 0 heterocycles. The van der Waals surface area contributed by atoms with Crippen molar-refractivity contribution in [2.45, 2.75) is 335 Å². The molecule has 0 saturated heterocycles. The predicted octanol–water partition coefficient (Wildman–Crippen LogP) is 22.7. The molecule has 0 aliphatic carbocycles. The standard InChI is InChI=1S/C71H124O6/c1-4-7-10-13-16-18-20-22-24-26-28-30-31-32-33-34-35-36-37-38-39-41-42-44-46-48-50-52-55-58-61-64-70(73)76-67-68(66-75-69(72)63-60-57-54-15-12-9-6-3)77-71(74)65-62-59-56-53-51-49-47-45-43-40-29-27-25-23-21-19-17-14-11-8-5-2/h8,11,17,19,23,25-26,28-29,40,45,47,51,53,68H,4-7,9-10,12-16,18,20-22,24,27,30-39,41-44,46,48-50,52,54-67H2,1-3H3/b11-8-,19-17-,25-23-,28-26-,40-29-,47-45-,53-51-. The van der Waals surface area contributed by atoms with E-state index in [2.05, 4.69) is 106 Å². The van der Waals surface area contributed by atoms with E-state index in [1.165, 1.54) is 193 Å². The Morgan fingerprint density at radius 3 is 0.831 bits per heavy atom. The van der Waals surface area contributed by atoms with Crippen LogP contribution >= 0.6 is 0 Å². The second kappa shape index (κ2) is 65.1. The number of esters is 3. The Balaban J connectivity index is 4.10. The third-order valence-electron chi connectivity index (χ3n) is 14.4. The second-order valence-electron chi connectivity index (χ2n) is 22.0. The summed E-state index contributed by atoms with van der Waals surface area (Å²) in [6.07, 6.45) is 86.4. The first kappa shape index (κ1) is 73.6. The monoisotopic (exact) mass is 1070 g/mol. The van der Waals surface area contributed by atoms with Gasteiger partial charge < -0.3 is 14.2 Å². The number of hydrogen-bond acceptors (Lipinski definition) is 6. The Bertz CT molecular complexity index is 1470. The molecule has 0 rings (SSSR count). The molecule has 0 spiro atoms. The molecule has 0 amide bonds. The number of ether oxygens (including phenoxy) is 3. The molecule has 0 radical (unpaired) electrons. The van der Waals surface area contributed by atoms with Crippen molar-refractivity contribution in [2.75, 3.05) is 13.2 Å². The molecule has 6 nitrogen and oxygen atoms in total. The normalized spacial score (nSPS) is 12.6. The highest BCUT2D eigenvalue weighted by atomic mass is 16.6. The van der Waals surface area contributed by atoms with E-state index in [-0.39, 0.29) is 37.5 Å². The molecule has 1 atom stereocenters. The molecule has 0 aromatic rings. The summed E-state index contributed by atoms with van der Waals surface area (Å²) in [5.41, 5.74) is 0. The Hall–Kier alpha value is -3.41. The van der Waals surface area contributed by atoms with Crippen LogP contribution in [0.4, 0.5) is 0 Å². The molecule has 0 bridgehead atoms. The summed E-state index contributed by atoms with van der Waals surface area (Å²) in [5.74, 6) is -0.931. The fourth-order valence-corrected chi connectivity index (χ4v) is 9.44. The molecule has 0 aromatic heterocycles. The zero-order valence-corrected chi connectivity index (χ0v) is 51.0. The summed E-state index contributed by atoms with van der Waals surface area (Å²) in [7, 11) is 0. The van der Waals surface area contributed by atoms with Crippen LogP contribution in [0.15, 0.2) is 85.1 Å². The Labute approximate surface area is 477 Å². The lowest BCUT2D eigenvalue weighted by Gasteiger charge is -2.18. The summed E-state index contributed by atoms with van der Waals surface area (Å²) in [6.45, 7) is 6.48. The Morgan fingerprint density at radius 2 is 0.506 bits per heavy atom. The molecule has 0 aromatic carbocycles. The van der Waals surface area contributed by atoms with Crippen molar-refractivity contribution in [3.8, 4) is 0 Å². The van der Waals surface area contributed by atoms with Crippen molar-refractivity contribution in [1.82, 2.24) is 0 Å². The van der Waals surface area contributed by atoms with Crippen LogP contribution in [0, 0.1) is 0 Å². The van der Waals surface area contributed by atoms with Gasteiger partial charge in [0.05, 0.1) is 0 Å². The zero-order chi connectivity index (χ0) is 55.7. The van der Waals surface area contributed by atoms with Gasteiger partial charge in [0.25, 0.3) is 0 Å². The van der Waals surface area contributed by atoms with E-state index in [4.69, 9.17) is 14.2 Å². The second-order valence-corrected chi connectivity index (χ2v) is 22.0. The number of unbranched alkanes of at least 4 members (excludes halogenated alkanes) is 35. The summed E-state index contributed by atoms with van der Waals surface area (Å²) < 4.78 is 16.8. The number of hydrogen-bond donors (Lipinski definition) is 0. The molecule has 0 saturated carbocycles. The molecular formula is C71H124O6. The van der Waals surface area contributed by atoms with E-state index < -0.39 is 6.10 Å². The van der Waals surface area contributed by atoms with Crippen molar-refractivity contribution in [2.24, 2.45) is 0 Å². The molecular weight excluding hydrogens is 949 g/mol. The molecule has 6 heteroatoms. The minimum atomic E-state index is -0.797. The van der Waals surface area contributed by atoms with Crippen LogP contribution in [0.1, 0.15) is 329 Å². The number of carbonyl (C=O) groups excluding carboxylic acids is 3. The van der Waals surface area contributed by atoms with Gasteiger partial charge in [0, 0.05) is 19.3 Å². The highest BCUT2D eigenvalue weighted by Gasteiger charge is 2.19. The first-order chi connectivity index (χ1) is 38.0. The third-order valence-corrected chi connectivity index (χ3v) is 14.4. The van der Waals surface area contributed by atoms with E-state index in [1.54, 1.807) is 0 Å². The van der Waals surface area contributed by atoms with Crippen LogP contribution in [0.2, 0.25) is 0 Å². The van der Waals surface area contributed by atoms with Crippen LogP contribution in [0.5, 0.6) is 0 Å². The average Bonchev–Trinajstić information content (AvgIpc) is 3.43. The van der Waals surface area contributed by atoms with Crippen LogP contribution in [0.3, 0.4) is 0 Å². The first-order valence-electron chi connectivity index (χ1n) is 33.1. The molecule has 0 aliphatic rings. The summed E-state index contributed by atoms with van der Waals surface area (Å²) in [6, 6.07) is 0. The van der Waals surface area contributed by atoms with Gasteiger partial charge in [-0.15, -0.1) is 0 Å². The minimum absolute atomic E-state index is 0.0914. The predicted molar refractivity (Wildman–Crippen MR) is 334 cm³/mol. The van der Waals surface area contributed by atoms with Gasteiger partial charge in [-0.25, -0.2) is 0 Å². The number of rotatable bonds is 60. The van der Waals surface area contributed by atoms with Gasteiger partial charge >= 0.3 is 17.9 Å². The van der Waals surface area contributed by atoms with Crippen molar-refractivity contribution < 1.29 is 28.6 Å². The van der Waals surface area contributed by atoms with Crippen molar-refractivity contribution >= 4 is 17.9 Å². The molecule has 0 fully saturated rings. The zero-order valence-electron chi connectivity index (χ0n) is 51.0. The average molecular weight is 1070 g/mol. The summed E-state index contributed by atoms with van der Waals surface area (Å²) in [5, 5.41) is 0. The van der Waals surface area contributed by atoms with E-state index in [0.29, 0.717) is 19.3 Å². The SMILES string of the molecule is CC/C=C\C/C=C\C/C=C\C/C=C\C/C=C\C/C=C\CCCCC(=O)OC(COC(=O)CCCCCCCCC)COC(=O)CCCCCCCCCCCCCCCCCCCCC/C=C\CCCCCCCCCC. The largest absolute Gasteiger partial charge is 0.462 e. The van der Waals surface area contributed by atoms with Crippen molar-refractivity contribution in [3.05, 3.63) is 85.1 Å². The fourth-order valence-electron chi connectivity index (χ4n) is 9.44. The fraction of sp³-hybridized carbons (Fsp3) is 0.761. The Kier molecular flexibility index (Phi) is 62.2. The van der Waals surface area contributed by atoms with Gasteiger partial charge in [-0.05, 0) is 96.3 Å². The van der Waals surface area contributed by atoms with Gasteiger partial charge in [0.1, 0.15) is 13.2 Å². The maximum absolute atomic E-state index is 12.8. The lowest BCUT2D eigenvalue weighted by molar-refractivity contribution is -0.167.